The van der Waals surface area contributed by atoms with Gasteiger partial charge in [-0.1, -0.05) is 60.7 Å². The highest BCUT2D eigenvalue weighted by Gasteiger charge is 2.42. The van der Waals surface area contributed by atoms with E-state index in [4.69, 9.17) is 16.3 Å². The van der Waals surface area contributed by atoms with E-state index in [0.717, 1.165) is 11.1 Å². The maximum absolute atomic E-state index is 12.7. The van der Waals surface area contributed by atoms with E-state index in [0.29, 0.717) is 0 Å². The van der Waals surface area contributed by atoms with Crippen LogP contribution in [-0.2, 0) is 16.1 Å². The van der Waals surface area contributed by atoms with Crippen LogP contribution in [0.15, 0.2) is 60.7 Å². The first-order chi connectivity index (χ1) is 13.0. The number of alkyl halides is 1. The van der Waals surface area contributed by atoms with Crippen molar-refractivity contribution in [1.82, 2.24) is 9.80 Å². The first-order valence-electron chi connectivity index (χ1n) is 8.96. The van der Waals surface area contributed by atoms with Gasteiger partial charge in [0.2, 0.25) is 5.91 Å². The zero-order valence-electron chi connectivity index (χ0n) is 15.4. The van der Waals surface area contributed by atoms with E-state index in [9.17, 15) is 9.59 Å². The predicted octanol–water partition coefficient (Wildman–Crippen LogP) is 4.18. The molecule has 0 unspecified atom stereocenters. The molecule has 6 heteroatoms. The van der Waals surface area contributed by atoms with E-state index in [2.05, 4.69) is 0 Å². The summed E-state index contributed by atoms with van der Waals surface area (Å²) < 4.78 is 5.45. The van der Waals surface area contributed by atoms with Gasteiger partial charge in [0.05, 0.1) is 12.1 Å². The molecule has 3 rings (SSSR count). The molecule has 2 aromatic rings. The number of nitrogens with zero attached hydrogens (tertiary/aromatic N) is 2. The number of benzene rings is 2. The summed E-state index contributed by atoms with van der Waals surface area (Å²) in [5.41, 5.74) is 1.89. The van der Waals surface area contributed by atoms with Crippen molar-refractivity contribution in [1.29, 1.82) is 0 Å². The molecule has 1 saturated heterocycles. The van der Waals surface area contributed by atoms with E-state index < -0.39 is 17.5 Å². The molecule has 0 saturated carbocycles. The summed E-state index contributed by atoms with van der Waals surface area (Å²) >= 11 is 6.36. The molecule has 1 aliphatic rings. The molecule has 27 heavy (non-hydrogen) atoms. The molecular weight excluding hydrogens is 364 g/mol. The molecule has 0 aliphatic carbocycles. The van der Waals surface area contributed by atoms with E-state index in [1.807, 2.05) is 67.6 Å². The zero-order valence-corrected chi connectivity index (χ0v) is 16.2. The maximum atomic E-state index is 12.7. The van der Waals surface area contributed by atoms with Gasteiger partial charge < -0.3 is 9.64 Å². The third-order valence-corrected chi connectivity index (χ3v) is 5.48. The summed E-state index contributed by atoms with van der Waals surface area (Å²) in [6.45, 7) is 4.02. The number of hydrogen-bond acceptors (Lipinski definition) is 3. The molecule has 3 atom stereocenters. The number of rotatable bonds is 4. The quantitative estimate of drug-likeness (QED) is 0.740. The third-order valence-electron chi connectivity index (χ3n) is 4.93. The highest BCUT2D eigenvalue weighted by Crippen LogP contribution is 2.29. The molecule has 2 aromatic carbocycles. The molecule has 1 fully saturated rings. The van der Waals surface area contributed by atoms with Crippen LogP contribution in [0.1, 0.15) is 31.0 Å². The Balaban J connectivity index is 1.72. The molecule has 0 radical (unpaired) electrons. The first kappa shape index (κ1) is 19.2. The standard InChI is InChI=1S/C21H23ClN2O3/c1-15(18-11-7-4-8-12-18)23-14-24(16(2)19(22)20(23)25)21(26)27-13-17-9-5-3-6-10-17/h3-12,15-16,19H,13-14H2,1-2H3/t15-,16-,19-/m0/s1. The summed E-state index contributed by atoms with van der Waals surface area (Å²) in [6.07, 6.45) is -0.477. The number of ether oxygens (including phenoxy) is 1. The number of carbonyl (C=O) groups is 2. The molecule has 2 amide bonds. The van der Waals surface area contributed by atoms with Crippen molar-refractivity contribution in [3.8, 4) is 0 Å². The van der Waals surface area contributed by atoms with Crippen molar-refractivity contribution >= 4 is 23.6 Å². The number of hydrogen-bond donors (Lipinski definition) is 0. The van der Waals surface area contributed by atoms with Crippen LogP contribution in [0.4, 0.5) is 4.79 Å². The van der Waals surface area contributed by atoms with E-state index >= 15 is 0 Å². The molecule has 1 aliphatic heterocycles. The lowest BCUT2D eigenvalue weighted by atomic mass is 10.0. The topological polar surface area (TPSA) is 49.9 Å². The molecule has 142 valence electrons. The van der Waals surface area contributed by atoms with Crippen LogP contribution in [0.5, 0.6) is 0 Å². The molecule has 0 N–H and O–H groups in total. The van der Waals surface area contributed by atoms with Gasteiger partial charge in [0.1, 0.15) is 18.7 Å². The van der Waals surface area contributed by atoms with Crippen molar-refractivity contribution in [2.75, 3.05) is 6.67 Å². The van der Waals surface area contributed by atoms with Crippen LogP contribution < -0.4 is 0 Å². The molecule has 5 nitrogen and oxygen atoms in total. The predicted molar refractivity (Wildman–Crippen MR) is 104 cm³/mol. The SMILES string of the molecule is C[C@@H](c1ccccc1)N1CN(C(=O)OCc2ccccc2)[C@@H](C)[C@H](Cl)C1=O. The van der Waals surface area contributed by atoms with Gasteiger partial charge in [-0.3, -0.25) is 9.69 Å². The van der Waals surface area contributed by atoms with Crippen LogP contribution >= 0.6 is 11.6 Å². The molecule has 0 spiro atoms. The Morgan fingerprint density at radius 3 is 2.37 bits per heavy atom. The van der Waals surface area contributed by atoms with Gasteiger partial charge >= 0.3 is 6.09 Å². The fraction of sp³-hybridized carbons (Fsp3) is 0.333. The van der Waals surface area contributed by atoms with Crippen molar-refractivity contribution in [3.05, 3.63) is 71.8 Å². The van der Waals surface area contributed by atoms with Crippen LogP contribution in [0.3, 0.4) is 0 Å². The monoisotopic (exact) mass is 386 g/mol. The van der Waals surface area contributed by atoms with Gasteiger partial charge in [-0.15, -0.1) is 11.6 Å². The second-order valence-corrected chi connectivity index (χ2v) is 7.16. The lowest BCUT2D eigenvalue weighted by Crippen LogP contribution is -2.60. The minimum Gasteiger partial charge on any atom is -0.444 e. The lowest BCUT2D eigenvalue weighted by molar-refractivity contribution is -0.141. The summed E-state index contributed by atoms with van der Waals surface area (Å²) in [7, 11) is 0. The Labute approximate surface area is 164 Å². The summed E-state index contributed by atoms with van der Waals surface area (Å²) in [6, 6.07) is 18.5. The fourth-order valence-corrected chi connectivity index (χ4v) is 3.40. The van der Waals surface area contributed by atoms with E-state index in [-0.39, 0.29) is 25.2 Å². The number of amides is 2. The van der Waals surface area contributed by atoms with Gasteiger partial charge in [0, 0.05) is 0 Å². The summed E-state index contributed by atoms with van der Waals surface area (Å²) in [5, 5.41) is -0.811. The van der Waals surface area contributed by atoms with Crippen molar-refractivity contribution in [2.45, 2.75) is 37.9 Å². The molecule has 1 heterocycles. The third kappa shape index (κ3) is 4.25. The van der Waals surface area contributed by atoms with Gasteiger partial charge in [-0.25, -0.2) is 4.79 Å². The minimum absolute atomic E-state index is 0.146. The number of halogens is 1. The lowest BCUT2D eigenvalue weighted by Gasteiger charge is -2.44. The van der Waals surface area contributed by atoms with E-state index in [1.165, 1.54) is 4.90 Å². The smallest absolute Gasteiger partial charge is 0.411 e. The van der Waals surface area contributed by atoms with Crippen LogP contribution in [-0.4, -0.2) is 39.9 Å². The maximum Gasteiger partial charge on any atom is 0.411 e. The second kappa shape index (κ2) is 8.44. The van der Waals surface area contributed by atoms with Crippen LogP contribution in [0, 0.1) is 0 Å². The van der Waals surface area contributed by atoms with Crippen LogP contribution in [0.25, 0.3) is 0 Å². The fourth-order valence-electron chi connectivity index (χ4n) is 3.14. The Morgan fingerprint density at radius 1 is 1.15 bits per heavy atom. The molecule has 0 bridgehead atoms. The average molecular weight is 387 g/mol. The van der Waals surface area contributed by atoms with E-state index in [1.54, 1.807) is 11.8 Å². The van der Waals surface area contributed by atoms with Crippen molar-refractivity contribution < 1.29 is 14.3 Å². The van der Waals surface area contributed by atoms with Gasteiger partial charge in [-0.2, -0.15) is 0 Å². The largest absolute Gasteiger partial charge is 0.444 e. The summed E-state index contributed by atoms with van der Waals surface area (Å²) in [4.78, 5) is 28.5. The first-order valence-corrected chi connectivity index (χ1v) is 9.39. The summed E-state index contributed by atoms with van der Waals surface area (Å²) in [5.74, 6) is -0.173. The Bertz CT molecular complexity index is 785. The van der Waals surface area contributed by atoms with Crippen molar-refractivity contribution in [2.24, 2.45) is 0 Å². The van der Waals surface area contributed by atoms with Crippen LogP contribution in [0.2, 0.25) is 0 Å². The second-order valence-electron chi connectivity index (χ2n) is 6.69. The van der Waals surface area contributed by atoms with Gasteiger partial charge in [-0.05, 0) is 25.0 Å². The van der Waals surface area contributed by atoms with Gasteiger partial charge in [0.25, 0.3) is 0 Å². The average Bonchev–Trinajstić information content (AvgIpc) is 2.71. The minimum atomic E-state index is -0.811. The Kier molecular flexibility index (Phi) is 6.01. The highest BCUT2D eigenvalue weighted by atomic mass is 35.5. The molecular formula is C21H23ClN2O3. The zero-order chi connectivity index (χ0) is 19.4. The molecule has 0 aromatic heterocycles. The highest BCUT2D eigenvalue weighted by molar-refractivity contribution is 6.31. The normalized spacial score (nSPS) is 21.1. The Hall–Kier alpha value is -2.53. The van der Waals surface area contributed by atoms with Gasteiger partial charge in [0.15, 0.2) is 0 Å². The van der Waals surface area contributed by atoms with Crippen molar-refractivity contribution in [3.63, 3.8) is 0 Å². The number of carbonyl (C=O) groups excluding carboxylic acids is 2. The Morgan fingerprint density at radius 2 is 1.74 bits per heavy atom.